The summed E-state index contributed by atoms with van der Waals surface area (Å²) in [6, 6.07) is 96.1. The Labute approximate surface area is 406 Å². The minimum Gasteiger partial charge on any atom is -0.310 e. The molecule has 1 aromatic heterocycles. The Balaban J connectivity index is 0.996. The molecule has 0 radical (unpaired) electrons. The van der Waals surface area contributed by atoms with Crippen LogP contribution in [-0.4, -0.2) is 4.57 Å². The highest BCUT2D eigenvalue weighted by molar-refractivity contribution is 6.13. The Bertz CT molecular complexity index is 4080. The Morgan fingerprint density at radius 1 is 0.271 bits per heavy atom. The van der Waals surface area contributed by atoms with Gasteiger partial charge in [-0.3, -0.25) is 0 Å². The number of fused-ring (bicyclic) bond motifs is 22. The molecule has 2 heteroatoms. The van der Waals surface area contributed by atoms with Crippen molar-refractivity contribution in [2.45, 2.75) is 10.8 Å². The number of rotatable bonds is 4. The Morgan fingerprint density at radius 3 is 1.27 bits per heavy atom. The molecule has 11 aromatic carbocycles. The zero-order chi connectivity index (χ0) is 45.7. The van der Waals surface area contributed by atoms with Crippen molar-refractivity contribution in [1.29, 1.82) is 0 Å². The molecular formula is C68H42N2. The van der Waals surface area contributed by atoms with Gasteiger partial charge in [-0.25, -0.2) is 0 Å². The van der Waals surface area contributed by atoms with E-state index in [1.807, 2.05) is 0 Å². The maximum absolute atomic E-state index is 2.55. The summed E-state index contributed by atoms with van der Waals surface area (Å²) in [5.41, 5.74) is 26.8. The molecule has 2 heterocycles. The normalized spacial score (nSPS) is 14.2. The number of hydrogen-bond donors (Lipinski definition) is 0. The molecule has 0 saturated heterocycles. The summed E-state index contributed by atoms with van der Waals surface area (Å²) in [6.07, 6.45) is 0. The van der Waals surface area contributed by atoms with Gasteiger partial charge >= 0.3 is 0 Å². The number of aromatic nitrogens is 1. The zero-order valence-electron chi connectivity index (χ0n) is 38.1. The van der Waals surface area contributed by atoms with Crippen molar-refractivity contribution >= 4 is 38.9 Å². The molecule has 3 aliphatic carbocycles. The fourth-order valence-corrected chi connectivity index (χ4v) is 13.8. The zero-order valence-corrected chi connectivity index (χ0v) is 38.1. The molecule has 0 amide bonds. The predicted octanol–water partition coefficient (Wildman–Crippen LogP) is 16.9. The number of anilines is 3. The fourth-order valence-electron chi connectivity index (χ4n) is 13.8. The predicted molar refractivity (Wildman–Crippen MR) is 288 cm³/mol. The van der Waals surface area contributed by atoms with Crippen LogP contribution < -0.4 is 4.90 Å². The molecule has 70 heavy (non-hydrogen) atoms. The molecule has 0 atom stereocenters. The standard InChI is InChI=1S/C68H42N2/c1-2-17-43(18-3-1)44-33-35-45(36-34-44)69(46-37-39-53-52-23-8-12-28-58(52)67(62(53)41-46)56-26-10-4-19-48(56)49-20-5-11-27-57(49)67)47-38-40-65-63(42-47)68(59-29-13-6-21-50(59)51-22-7-14-30-60(51)68)61-31-16-25-55-54-24-9-15-32-64(54)70(65)66(55)61/h1-42H. The summed E-state index contributed by atoms with van der Waals surface area (Å²) < 4.78 is 2.55. The highest BCUT2D eigenvalue weighted by atomic mass is 15.1. The molecule has 0 fully saturated rings. The second-order valence-corrected chi connectivity index (χ2v) is 19.5. The Kier molecular flexibility index (Phi) is 7.51. The largest absolute Gasteiger partial charge is 0.310 e. The van der Waals surface area contributed by atoms with Crippen molar-refractivity contribution in [1.82, 2.24) is 4.57 Å². The van der Waals surface area contributed by atoms with E-state index >= 15 is 0 Å². The number of benzene rings is 11. The number of para-hydroxylation sites is 2. The molecule has 12 aromatic rings. The van der Waals surface area contributed by atoms with Crippen LogP contribution in [0.2, 0.25) is 0 Å². The molecule has 16 rings (SSSR count). The van der Waals surface area contributed by atoms with Gasteiger partial charge in [0.15, 0.2) is 0 Å². The van der Waals surface area contributed by atoms with Gasteiger partial charge in [-0.2, -0.15) is 0 Å². The van der Waals surface area contributed by atoms with Crippen molar-refractivity contribution < 1.29 is 0 Å². The summed E-state index contributed by atoms with van der Waals surface area (Å²) in [5.74, 6) is 0. The van der Waals surface area contributed by atoms with E-state index < -0.39 is 10.8 Å². The second-order valence-electron chi connectivity index (χ2n) is 19.5. The summed E-state index contributed by atoms with van der Waals surface area (Å²) in [4.78, 5) is 2.52. The van der Waals surface area contributed by atoms with E-state index in [1.165, 1.54) is 117 Å². The minimum atomic E-state index is -0.577. The Hall–Kier alpha value is -8.98. The van der Waals surface area contributed by atoms with Crippen molar-refractivity contribution in [3.63, 3.8) is 0 Å². The first-order valence-corrected chi connectivity index (χ1v) is 24.5. The summed E-state index contributed by atoms with van der Waals surface area (Å²) in [6.45, 7) is 0. The molecule has 4 aliphatic rings. The smallest absolute Gasteiger partial charge is 0.0755 e. The van der Waals surface area contributed by atoms with Gasteiger partial charge in [0.05, 0.1) is 27.6 Å². The van der Waals surface area contributed by atoms with E-state index in [9.17, 15) is 0 Å². The maximum atomic E-state index is 2.55. The first-order valence-electron chi connectivity index (χ1n) is 24.5. The van der Waals surface area contributed by atoms with Gasteiger partial charge in [0.1, 0.15) is 0 Å². The molecule has 2 nitrogen and oxygen atoms in total. The quantitative estimate of drug-likeness (QED) is 0.171. The number of nitrogens with zero attached hydrogens (tertiary/aromatic N) is 2. The minimum absolute atomic E-state index is 0.473. The SMILES string of the molecule is c1ccc(-c2ccc(N(c3ccc4c(c3)C3(c5ccccc5-c5ccccc53)c3ccccc3-4)c3ccc4c(c3)C3(c5ccccc5-c5ccccc53)c3cccc5c6ccccc6n-4c35)cc2)cc1. The topological polar surface area (TPSA) is 8.17 Å². The number of hydrogen-bond acceptors (Lipinski definition) is 1. The molecule has 0 bridgehead atoms. The van der Waals surface area contributed by atoms with Gasteiger partial charge in [0.2, 0.25) is 0 Å². The van der Waals surface area contributed by atoms with E-state index in [4.69, 9.17) is 0 Å². The highest BCUT2D eigenvalue weighted by Crippen LogP contribution is 2.65. The summed E-state index contributed by atoms with van der Waals surface area (Å²) in [5, 5.41) is 2.56. The second kappa shape index (κ2) is 13.8. The van der Waals surface area contributed by atoms with Crippen LogP contribution in [0.15, 0.2) is 255 Å². The third-order valence-corrected chi connectivity index (χ3v) is 16.4. The lowest BCUT2D eigenvalue weighted by atomic mass is 9.65. The van der Waals surface area contributed by atoms with Gasteiger partial charge < -0.3 is 9.47 Å². The first-order chi connectivity index (χ1) is 34.7. The van der Waals surface area contributed by atoms with E-state index in [1.54, 1.807) is 0 Å². The lowest BCUT2D eigenvalue weighted by molar-refractivity contribution is 0.748. The highest BCUT2D eigenvalue weighted by Gasteiger charge is 2.53. The lowest BCUT2D eigenvalue weighted by Crippen LogP contribution is -2.33. The first kappa shape index (κ1) is 38.0. The molecule has 0 N–H and O–H groups in total. The lowest BCUT2D eigenvalue weighted by Gasteiger charge is -2.40. The summed E-state index contributed by atoms with van der Waals surface area (Å²) in [7, 11) is 0. The third kappa shape index (κ3) is 4.64. The van der Waals surface area contributed by atoms with Crippen molar-refractivity contribution in [2.24, 2.45) is 0 Å². The van der Waals surface area contributed by atoms with Crippen LogP contribution in [0.4, 0.5) is 17.1 Å². The molecule has 324 valence electrons. The van der Waals surface area contributed by atoms with Crippen LogP contribution >= 0.6 is 0 Å². The fraction of sp³-hybridized carbons (Fsp3) is 0.0294. The average molecular weight is 887 g/mol. The van der Waals surface area contributed by atoms with E-state index in [0.29, 0.717) is 0 Å². The van der Waals surface area contributed by atoms with Gasteiger partial charge in [0.25, 0.3) is 0 Å². The van der Waals surface area contributed by atoms with Gasteiger partial charge in [0, 0.05) is 27.8 Å². The molecule has 1 aliphatic heterocycles. The monoisotopic (exact) mass is 886 g/mol. The van der Waals surface area contributed by atoms with Gasteiger partial charge in [-0.15, -0.1) is 0 Å². The van der Waals surface area contributed by atoms with Crippen LogP contribution in [0.1, 0.15) is 44.5 Å². The van der Waals surface area contributed by atoms with Crippen LogP contribution in [0.5, 0.6) is 0 Å². The van der Waals surface area contributed by atoms with Crippen molar-refractivity contribution in [3.8, 4) is 50.2 Å². The average Bonchev–Trinajstić information content (AvgIpc) is 4.13. The van der Waals surface area contributed by atoms with Gasteiger partial charge in [-0.1, -0.05) is 206 Å². The van der Waals surface area contributed by atoms with Crippen LogP contribution in [-0.2, 0) is 10.8 Å². The van der Waals surface area contributed by atoms with Crippen molar-refractivity contribution in [3.05, 3.63) is 299 Å². The maximum Gasteiger partial charge on any atom is 0.0755 e. The van der Waals surface area contributed by atoms with Crippen molar-refractivity contribution in [2.75, 3.05) is 4.90 Å². The molecule has 0 unspecified atom stereocenters. The van der Waals surface area contributed by atoms with E-state index in [0.717, 1.165) is 17.1 Å². The Morgan fingerprint density at radius 2 is 0.686 bits per heavy atom. The van der Waals surface area contributed by atoms with Crippen LogP contribution in [0, 0.1) is 0 Å². The van der Waals surface area contributed by atoms with Gasteiger partial charge in [-0.05, 0) is 138 Å². The molecule has 0 saturated carbocycles. The third-order valence-electron chi connectivity index (χ3n) is 16.4. The molecular weight excluding hydrogens is 845 g/mol. The van der Waals surface area contributed by atoms with Crippen LogP contribution in [0.3, 0.4) is 0 Å². The van der Waals surface area contributed by atoms with E-state index in [2.05, 4.69) is 264 Å². The summed E-state index contributed by atoms with van der Waals surface area (Å²) >= 11 is 0. The van der Waals surface area contributed by atoms with Crippen LogP contribution in [0.25, 0.3) is 72.0 Å². The molecule has 2 spiro atoms. The van der Waals surface area contributed by atoms with E-state index in [-0.39, 0.29) is 0 Å².